The molecule has 1 aliphatic heterocycles. The van der Waals surface area contributed by atoms with Crippen molar-refractivity contribution < 1.29 is 14.4 Å². The number of primary amides is 1. The van der Waals surface area contributed by atoms with Crippen LogP contribution in [0.3, 0.4) is 0 Å². The van der Waals surface area contributed by atoms with Crippen molar-refractivity contribution in [2.45, 2.75) is 46.7 Å². The Morgan fingerprint density at radius 2 is 1.86 bits per heavy atom. The lowest BCUT2D eigenvalue weighted by Gasteiger charge is -2.32. The van der Waals surface area contributed by atoms with Crippen molar-refractivity contribution in [3.63, 3.8) is 0 Å². The summed E-state index contributed by atoms with van der Waals surface area (Å²) in [4.78, 5) is 39.3. The molecule has 1 aromatic rings. The van der Waals surface area contributed by atoms with Crippen molar-refractivity contribution in [2.75, 3.05) is 23.3 Å². The highest BCUT2D eigenvalue weighted by Crippen LogP contribution is 2.31. The molecule has 0 bridgehead atoms. The Hall–Kier alpha value is -2.94. The van der Waals surface area contributed by atoms with Crippen molar-refractivity contribution in [3.8, 4) is 0 Å². The fraction of sp³-hybridized carbons (Fsp3) is 0.474. The van der Waals surface area contributed by atoms with Crippen LogP contribution in [0.5, 0.6) is 0 Å². The summed E-state index contributed by atoms with van der Waals surface area (Å²) in [6.45, 7) is 11.0. The van der Waals surface area contributed by atoms with Gasteiger partial charge in [-0.15, -0.1) is 0 Å². The summed E-state index contributed by atoms with van der Waals surface area (Å²) in [5.74, 6) is -0.546. The largest absolute Gasteiger partial charge is 0.350 e. The third kappa shape index (κ3) is 4.86. The van der Waals surface area contributed by atoms with Gasteiger partial charge in [-0.2, -0.15) is 5.10 Å². The maximum absolute atomic E-state index is 13.0. The number of hydrazone groups is 1. The molecule has 0 saturated carbocycles. The van der Waals surface area contributed by atoms with E-state index in [-0.39, 0.29) is 17.5 Å². The highest BCUT2D eigenvalue weighted by molar-refractivity contribution is 6.54. The van der Waals surface area contributed by atoms with Gasteiger partial charge < -0.3 is 16.0 Å². The number of urea groups is 1. The van der Waals surface area contributed by atoms with Crippen LogP contribution in [-0.4, -0.2) is 53.6 Å². The Kier molecular flexibility index (Phi) is 6.74. The van der Waals surface area contributed by atoms with E-state index in [1.54, 1.807) is 23.1 Å². The quantitative estimate of drug-likeness (QED) is 0.613. The molecule has 0 spiro atoms. The number of nitrogens with zero attached hydrogens (tertiary/aromatic N) is 3. The number of carbonyl (C=O) groups excluding carboxylic acids is 3. The van der Waals surface area contributed by atoms with Crippen molar-refractivity contribution in [3.05, 3.63) is 23.8 Å². The number of nitrogens with one attached hydrogen (secondary N) is 2. The van der Waals surface area contributed by atoms with Crippen LogP contribution in [0, 0.1) is 0 Å². The Morgan fingerprint density at radius 1 is 1.21 bits per heavy atom. The van der Waals surface area contributed by atoms with Crippen molar-refractivity contribution >= 4 is 34.9 Å². The molecule has 0 radical (unpaired) electrons. The Balaban J connectivity index is 2.36. The number of amides is 4. The zero-order valence-electron chi connectivity index (χ0n) is 16.9. The van der Waals surface area contributed by atoms with Gasteiger partial charge in [-0.05, 0) is 45.9 Å². The van der Waals surface area contributed by atoms with Gasteiger partial charge in [-0.3, -0.25) is 14.5 Å². The molecule has 1 aromatic carbocycles. The molecule has 0 atom stereocenters. The maximum Gasteiger partial charge on any atom is 0.332 e. The van der Waals surface area contributed by atoms with Crippen LogP contribution in [0.2, 0.25) is 0 Å². The summed E-state index contributed by atoms with van der Waals surface area (Å²) in [7, 11) is 0. The molecule has 1 aliphatic rings. The van der Waals surface area contributed by atoms with E-state index in [0.29, 0.717) is 42.1 Å². The van der Waals surface area contributed by atoms with Gasteiger partial charge in [0, 0.05) is 43.3 Å². The summed E-state index contributed by atoms with van der Waals surface area (Å²) in [5, 5.41) is 6.57. The van der Waals surface area contributed by atoms with Gasteiger partial charge in [0.1, 0.15) is 0 Å². The highest BCUT2D eigenvalue weighted by atomic mass is 16.2. The number of fused-ring (bicyclic) bond motifs is 1. The molecule has 0 fully saturated rings. The van der Waals surface area contributed by atoms with Gasteiger partial charge in [0.05, 0.1) is 5.69 Å². The lowest BCUT2D eigenvalue weighted by molar-refractivity contribution is -0.114. The first kappa shape index (κ1) is 21.4. The third-order valence-electron chi connectivity index (χ3n) is 4.50. The Bertz CT molecular complexity index is 795. The molecule has 4 N–H and O–H groups in total. The second-order valence-corrected chi connectivity index (χ2v) is 7.23. The number of hydrogen-bond acceptors (Lipinski definition) is 5. The summed E-state index contributed by atoms with van der Waals surface area (Å²) in [6, 6.07) is 4.98. The van der Waals surface area contributed by atoms with Gasteiger partial charge >= 0.3 is 6.03 Å². The predicted molar refractivity (Wildman–Crippen MR) is 109 cm³/mol. The fourth-order valence-electron chi connectivity index (χ4n) is 3.36. The van der Waals surface area contributed by atoms with Crippen LogP contribution in [-0.2, 0) is 9.59 Å². The Labute approximate surface area is 164 Å². The molecular weight excluding hydrogens is 360 g/mol. The van der Waals surface area contributed by atoms with Crippen LogP contribution < -0.4 is 21.4 Å². The zero-order valence-corrected chi connectivity index (χ0v) is 16.9. The van der Waals surface area contributed by atoms with Crippen LogP contribution >= 0.6 is 0 Å². The minimum atomic E-state index is -0.857. The Morgan fingerprint density at radius 3 is 2.39 bits per heavy atom. The molecule has 2 rings (SSSR count). The van der Waals surface area contributed by atoms with Crippen LogP contribution in [0.1, 0.15) is 40.2 Å². The zero-order chi connectivity index (χ0) is 21.0. The lowest BCUT2D eigenvalue weighted by atomic mass is 10.1. The SMILES string of the molecule is CC(=O)Nc1ccc2c(c1)C(=NNC(N)=O)C(=O)N2CCN(C(C)C)C(C)C. The second kappa shape index (κ2) is 8.83. The standard InChI is InChI=1S/C19H28N6O3/c1-11(2)24(12(3)4)8-9-25-16-7-6-14(21-13(5)26)10-15(16)17(18(25)27)22-23-19(20)28/h6-7,10-12H,8-9H2,1-5H3,(H,21,26)(H3,20,23,28). The molecule has 0 unspecified atom stereocenters. The first-order valence-electron chi connectivity index (χ1n) is 9.24. The molecule has 0 aromatic heterocycles. The van der Waals surface area contributed by atoms with Gasteiger partial charge in [-0.25, -0.2) is 10.2 Å². The van der Waals surface area contributed by atoms with E-state index < -0.39 is 6.03 Å². The minimum absolute atomic E-state index is 0.0849. The van der Waals surface area contributed by atoms with E-state index >= 15 is 0 Å². The summed E-state index contributed by atoms with van der Waals surface area (Å²) in [6.07, 6.45) is 0. The molecule has 1 heterocycles. The number of rotatable bonds is 7. The van der Waals surface area contributed by atoms with Crippen molar-refractivity contribution in [1.29, 1.82) is 0 Å². The number of nitrogens with two attached hydrogens (primary N) is 1. The summed E-state index contributed by atoms with van der Waals surface area (Å²) in [5.41, 5.74) is 9.04. The van der Waals surface area contributed by atoms with Gasteiger partial charge in [0.25, 0.3) is 5.91 Å². The van der Waals surface area contributed by atoms with Gasteiger partial charge in [0.2, 0.25) is 5.91 Å². The van der Waals surface area contributed by atoms with E-state index in [4.69, 9.17) is 5.73 Å². The predicted octanol–water partition coefficient (Wildman–Crippen LogP) is 1.48. The molecule has 9 heteroatoms. The van der Waals surface area contributed by atoms with Gasteiger partial charge in [-0.1, -0.05) is 0 Å². The van der Waals surface area contributed by atoms with E-state index in [1.807, 2.05) is 0 Å². The number of anilines is 2. The number of hydrogen-bond donors (Lipinski definition) is 3. The molecule has 4 amide bonds. The summed E-state index contributed by atoms with van der Waals surface area (Å²) >= 11 is 0. The highest BCUT2D eigenvalue weighted by Gasteiger charge is 2.35. The van der Waals surface area contributed by atoms with Crippen LogP contribution in [0.15, 0.2) is 23.3 Å². The lowest BCUT2D eigenvalue weighted by Crippen LogP contribution is -2.44. The fourth-order valence-corrected chi connectivity index (χ4v) is 3.36. The molecule has 152 valence electrons. The average Bonchev–Trinajstić information content (AvgIpc) is 2.83. The normalized spacial score (nSPS) is 14.9. The average molecular weight is 388 g/mol. The number of carbonyl (C=O) groups is 3. The first-order chi connectivity index (χ1) is 13.1. The number of benzene rings is 1. The van der Waals surface area contributed by atoms with E-state index in [1.165, 1.54) is 6.92 Å². The van der Waals surface area contributed by atoms with Gasteiger partial charge in [0.15, 0.2) is 5.71 Å². The molecule has 9 nitrogen and oxygen atoms in total. The molecule has 0 saturated heterocycles. The summed E-state index contributed by atoms with van der Waals surface area (Å²) < 4.78 is 0. The smallest absolute Gasteiger partial charge is 0.332 e. The van der Waals surface area contributed by atoms with E-state index in [2.05, 4.69) is 48.4 Å². The van der Waals surface area contributed by atoms with Crippen molar-refractivity contribution in [1.82, 2.24) is 10.3 Å². The molecule has 28 heavy (non-hydrogen) atoms. The topological polar surface area (TPSA) is 120 Å². The maximum atomic E-state index is 13.0. The van der Waals surface area contributed by atoms with E-state index in [0.717, 1.165) is 0 Å². The third-order valence-corrected chi connectivity index (χ3v) is 4.50. The minimum Gasteiger partial charge on any atom is -0.350 e. The van der Waals surface area contributed by atoms with Crippen LogP contribution in [0.25, 0.3) is 0 Å². The van der Waals surface area contributed by atoms with Crippen molar-refractivity contribution in [2.24, 2.45) is 10.8 Å². The molecular formula is C19H28N6O3. The molecule has 0 aliphatic carbocycles. The van der Waals surface area contributed by atoms with E-state index in [9.17, 15) is 14.4 Å². The monoisotopic (exact) mass is 388 g/mol. The van der Waals surface area contributed by atoms with Crippen LogP contribution in [0.4, 0.5) is 16.2 Å². The second-order valence-electron chi connectivity index (χ2n) is 7.23. The first-order valence-corrected chi connectivity index (χ1v) is 9.24.